The highest BCUT2D eigenvalue weighted by molar-refractivity contribution is 5.73. The Morgan fingerprint density at radius 1 is 1.04 bits per heavy atom. The van der Waals surface area contributed by atoms with E-state index in [0.29, 0.717) is 13.1 Å². The number of pyridine rings is 2. The second kappa shape index (κ2) is 7.22. The van der Waals surface area contributed by atoms with Gasteiger partial charge in [0.05, 0.1) is 18.2 Å². The lowest BCUT2D eigenvalue weighted by atomic mass is 10.2. The van der Waals surface area contributed by atoms with Crippen molar-refractivity contribution in [3.8, 4) is 11.3 Å². The maximum atomic E-state index is 11.8. The van der Waals surface area contributed by atoms with Crippen molar-refractivity contribution in [3.05, 3.63) is 72.6 Å². The van der Waals surface area contributed by atoms with Gasteiger partial charge in [-0.3, -0.25) is 9.97 Å². The summed E-state index contributed by atoms with van der Waals surface area (Å²) >= 11 is 0. The van der Waals surface area contributed by atoms with Gasteiger partial charge in [0.2, 0.25) is 0 Å². The summed E-state index contributed by atoms with van der Waals surface area (Å²) in [5.74, 6) is 0. The van der Waals surface area contributed by atoms with Crippen molar-refractivity contribution in [1.29, 1.82) is 0 Å². The molecule has 0 aliphatic rings. The van der Waals surface area contributed by atoms with Crippen LogP contribution in [0.15, 0.2) is 65.9 Å². The van der Waals surface area contributed by atoms with Gasteiger partial charge in [0.15, 0.2) is 0 Å². The van der Waals surface area contributed by atoms with Crippen molar-refractivity contribution in [1.82, 2.24) is 20.6 Å². The van der Waals surface area contributed by atoms with E-state index in [1.54, 1.807) is 31.1 Å². The van der Waals surface area contributed by atoms with Crippen LogP contribution in [0.4, 0.5) is 4.79 Å². The van der Waals surface area contributed by atoms with Crippen LogP contribution >= 0.6 is 0 Å². The Balaban J connectivity index is 1.47. The van der Waals surface area contributed by atoms with E-state index >= 15 is 0 Å². The number of rotatable bonds is 5. The molecule has 3 aromatic rings. The molecule has 3 heterocycles. The van der Waals surface area contributed by atoms with Crippen LogP contribution in [0, 0.1) is 0 Å². The second-order valence-corrected chi connectivity index (χ2v) is 4.96. The van der Waals surface area contributed by atoms with E-state index < -0.39 is 0 Å². The third-order valence-corrected chi connectivity index (χ3v) is 3.27. The molecule has 0 aliphatic carbocycles. The number of carbonyl (C=O) groups is 1. The number of nitrogens with one attached hydrogen (secondary N) is 2. The van der Waals surface area contributed by atoms with Crippen molar-refractivity contribution in [2.24, 2.45) is 0 Å². The van der Waals surface area contributed by atoms with Gasteiger partial charge in [-0.1, -0.05) is 12.1 Å². The van der Waals surface area contributed by atoms with Crippen LogP contribution in [-0.4, -0.2) is 16.0 Å². The fraction of sp³-hybridized carbons (Fsp3) is 0.118. The van der Waals surface area contributed by atoms with Gasteiger partial charge in [-0.05, 0) is 29.3 Å². The summed E-state index contributed by atoms with van der Waals surface area (Å²) in [4.78, 5) is 20.1. The molecule has 0 saturated heterocycles. The number of furan rings is 1. The quantitative estimate of drug-likeness (QED) is 0.759. The Morgan fingerprint density at radius 3 is 2.48 bits per heavy atom. The zero-order valence-corrected chi connectivity index (χ0v) is 12.4. The van der Waals surface area contributed by atoms with E-state index in [1.807, 2.05) is 30.3 Å². The number of amides is 2. The lowest BCUT2D eigenvalue weighted by molar-refractivity contribution is 0.240. The molecule has 0 aliphatic heterocycles. The summed E-state index contributed by atoms with van der Waals surface area (Å²) in [5.41, 5.74) is 3.64. The first kappa shape index (κ1) is 14.8. The number of carbonyl (C=O) groups excluding carboxylic acids is 1. The molecule has 2 N–H and O–H groups in total. The zero-order valence-electron chi connectivity index (χ0n) is 12.4. The Labute approximate surface area is 133 Å². The van der Waals surface area contributed by atoms with E-state index in [4.69, 9.17) is 4.42 Å². The highest BCUT2D eigenvalue weighted by Gasteiger charge is 2.03. The first-order valence-electron chi connectivity index (χ1n) is 7.19. The molecule has 0 spiro atoms. The third-order valence-electron chi connectivity index (χ3n) is 3.27. The summed E-state index contributed by atoms with van der Waals surface area (Å²) < 4.78 is 5.03. The minimum Gasteiger partial charge on any atom is -0.472 e. The molecule has 0 radical (unpaired) electrons. The molecule has 6 nitrogen and oxygen atoms in total. The van der Waals surface area contributed by atoms with E-state index in [1.165, 1.54) is 0 Å². The van der Waals surface area contributed by atoms with Crippen LogP contribution < -0.4 is 10.6 Å². The van der Waals surface area contributed by atoms with E-state index in [2.05, 4.69) is 20.6 Å². The van der Waals surface area contributed by atoms with E-state index in [0.717, 1.165) is 22.4 Å². The molecular weight excluding hydrogens is 292 g/mol. The largest absolute Gasteiger partial charge is 0.472 e. The van der Waals surface area contributed by atoms with Crippen LogP contribution in [0.25, 0.3) is 11.3 Å². The average molecular weight is 308 g/mol. The van der Waals surface area contributed by atoms with Gasteiger partial charge in [-0.15, -0.1) is 0 Å². The molecule has 0 aromatic carbocycles. The predicted octanol–water partition coefficient (Wildman–Crippen LogP) is 2.74. The molecule has 0 bridgehead atoms. The molecule has 6 heteroatoms. The van der Waals surface area contributed by atoms with Crippen molar-refractivity contribution >= 4 is 6.03 Å². The SMILES string of the molecule is O=C(NCc1cccnc1)NCc1ccc(-c2ccoc2)nc1. The van der Waals surface area contributed by atoms with Crippen LogP contribution in [0.1, 0.15) is 11.1 Å². The maximum Gasteiger partial charge on any atom is 0.315 e. The molecule has 2 amide bonds. The number of nitrogens with zero attached hydrogens (tertiary/aromatic N) is 2. The van der Waals surface area contributed by atoms with Crippen molar-refractivity contribution in [2.45, 2.75) is 13.1 Å². The monoisotopic (exact) mass is 308 g/mol. The first-order chi connectivity index (χ1) is 11.3. The molecule has 0 fully saturated rings. The third kappa shape index (κ3) is 4.16. The van der Waals surface area contributed by atoms with Gasteiger partial charge in [0.25, 0.3) is 0 Å². The number of hydrogen-bond donors (Lipinski definition) is 2. The van der Waals surface area contributed by atoms with Crippen LogP contribution in [0.3, 0.4) is 0 Å². The van der Waals surface area contributed by atoms with Crippen molar-refractivity contribution in [2.75, 3.05) is 0 Å². The molecule has 3 aromatic heterocycles. The molecule has 0 atom stereocenters. The molecule has 116 valence electrons. The minimum absolute atomic E-state index is 0.229. The van der Waals surface area contributed by atoms with Crippen molar-refractivity contribution in [3.63, 3.8) is 0 Å². The highest BCUT2D eigenvalue weighted by atomic mass is 16.3. The van der Waals surface area contributed by atoms with Gasteiger partial charge in [0.1, 0.15) is 0 Å². The topological polar surface area (TPSA) is 80.0 Å². The maximum absolute atomic E-state index is 11.8. The van der Waals surface area contributed by atoms with Crippen molar-refractivity contribution < 1.29 is 9.21 Å². The normalized spacial score (nSPS) is 10.3. The Bertz CT molecular complexity index is 740. The smallest absolute Gasteiger partial charge is 0.315 e. The lowest BCUT2D eigenvalue weighted by Crippen LogP contribution is -2.34. The van der Waals surface area contributed by atoms with Crippen LogP contribution in [0.5, 0.6) is 0 Å². The summed E-state index contributed by atoms with van der Waals surface area (Å²) in [6.07, 6.45) is 8.41. The van der Waals surface area contributed by atoms with Gasteiger partial charge in [0, 0.05) is 37.2 Å². The molecule has 3 rings (SSSR count). The fourth-order valence-electron chi connectivity index (χ4n) is 2.04. The van der Waals surface area contributed by atoms with Gasteiger partial charge >= 0.3 is 6.03 Å². The highest BCUT2D eigenvalue weighted by Crippen LogP contribution is 2.16. The Morgan fingerprint density at radius 2 is 1.87 bits per heavy atom. The Hall–Kier alpha value is -3.15. The molecule has 0 saturated carbocycles. The molecule has 0 unspecified atom stereocenters. The lowest BCUT2D eigenvalue weighted by Gasteiger charge is -2.07. The Kier molecular flexibility index (Phi) is 4.63. The zero-order chi connectivity index (χ0) is 15.9. The summed E-state index contributed by atoms with van der Waals surface area (Å²) in [6.45, 7) is 0.856. The van der Waals surface area contributed by atoms with Crippen LogP contribution in [-0.2, 0) is 13.1 Å². The first-order valence-corrected chi connectivity index (χ1v) is 7.19. The summed E-state index contributed by atoms with van der Waals surface area (Å²) in [5, 5.41) is 5.57. The fourth-order valence-corrected chi connectivity index (χ4v) is 2.04. The predicted molar refractivity (Wildman–Crippen MR) is 85.3 cm³/mol. The summed E-state index contributed by atoms with van der Waals surface area (Å²) in [7, 11) is 0. The van der Waals surface area contributed by atoms with Gasteiger partial charge in [-0.2, -0.15) is 0 Å². The van der Waals surface area contributed by atoms with Crippen LogP contribution in [0.2, 0.25) is 0 Å². The van der Waals surface area contributed by atoms with E-state index in [9.17, 15) is 4.79 Å². The van der Waals surface area contributed by atoms with E-state index in [-0.39, 0.29) is 6.03 Å². The minimum atomic E-state index is -0.229. The average Bonchev–Trinajstić information content (AvgIpc) is 3.14. The molecule has 23 heavy (non-hydrogen) atoms. The number of urea groups is 1. The number of aromatic nitrogens is 2. The second-order valence-electron chi connectivity index (χ2n) is 4.96. The summed E-state index contributed by atoms with van der Waals surface area (Å²) in [6, 6.07) is 9.19. The van der Waals surface area contributed by atoms with Gasteiger partial charge in [-0.25, -0.2) is 4.79 Å². The standard InChI is InChI=1S/C17H16N4O2/c22-17(20-10-13-2-1-6-18-8-13)21-11-14-3-4-16(19-9-14)15-5-7-23-12-15/h1-9,12H,10-11H2,(H2,20,21,22). The van der Waals surface area contributed by atoms with Gasteiger partial charge < -0.3 is 15.1 Å². The number of hydrogen-bond acceptors (Lipinski definition) is 4. The molecular formula is C17H16N4O2.